The van der Waals surface area contributed by atoms with Gasteiger partial charge in [0.2, 0.25) is 11.8 Å². The second kappa shape index (κ2) is 8.36. The van der Waals surface area contributed by atoms with Crippen molar-refractivity contribution in [1.29, 1.82) is 0 Å². The van der Waals surface area contributed by atoms with Gasteiger partial charge in [0.05, 0.1) is 5.41 Å². The number of hydrogen-bond acceptors (Lipinski definition) is 3. The number of carbonyl (C=O) groups excluding carboxylic acids is 2. The van der Waals surface area contributed by atoms with Crippen LogP contribution in [0.2, 0.25) is 0 Å². The maximum Gasteiger partial charge on any atom is 0.225 e. The first-order valence-corrected chi connectivity index (χ1v) is 10.7. The lowest BCUT2D eigenvalue weighted by molar-refractivity contribution is -0.136. The number of pyridine rings is 1. The smallest absolute Gasteiger partial charge is 0.225 e. The predicted octanol–water partition coefficient (Wildman–Crippen LogP) is 3.58. The molecule has 2 aromatic rings. The number of likely N-dealkylation sites (tertiary alicyclic amines) is 1. The highest BCUT2D eigenvalue weighted by molar-refractivity contribution is 5.85. The molecule has 0 bridgehead atoms. The Morgan fingerprint density at radius 3 is 2.31 bits per heavy atom. The Labute approximate surface area is 172 Å². The van der Waals surface area contributed by atoms with Gasteiger partial charge < -0.3 is 10.6 Å². The molecule has 1 atom stereocenters. The minimum Gasteiger partial charge on any atom is -0.369 e. The Balaban J connectivity index is 1.47. The molecule has 5 nitrogen and oxygen atoms in total. The van der Waals surface area contributed by atoms with E-state index in [2.05, 4.69) is 29.2 Å². The number of aromatic nitrogens is 1. The van der Waals surface area contributed by atoms with E-state index in [1.54, 1.807) is 12.4 Å². The predicted molar refractivity (Wildman–Crippen MR) is 113 cm³/mol. The summed E-state index contributed by atoms with van der Waals surface area (Å²) in [6.07, 6.45) is 10.2. The zero-order valence-electron chi connectivity index (χ0n) is 16.8. The van der Waals surface area contributed by atoms with Gasteiger partial charge >= 0.3 is 0 Å². The van der Waals surface area contributed by atoms with E-state index in [4.69, 9.17) is 5.73 Å². The molecule has 2 heterocycles. The number of primary amides is 1. The standard InChI is InChI=1S/C24H29N3O2/c25-23(29)24(12-15-27(17-24)22(28)21-4-2-1-3-5-21)16-18-6-8-19(9-7-18)20-10-13-26-14-11-20/h6-11,13-14,21H,1-5,12,15-17H2,(H2,25,29)/t24-/m1/s1. The SMILES string of the molecule is NC(=O)[C@@]1(Cc2ccc(-c3ccncc3)cc2)CCN(C(=O)C2CCCCC2)C1. The third-order valence-electron chi connectivity index (χ3n) is 6.65. The maximum atomic E-state index is 12.9. The highest BCUT2D eigenvalue weighted by Crippen LogP contribution is 2.36. The summed E-state index contributed by atoms with van der Waals surface area (Å²) < 4.78 is 0. The van der Waals surface area contributed by atoms with Crippen molar-refractivity contribution in [3.8, 4) is 11.1 Å². The zero-order valence-corrected chi connectivity index (χ0v) is 16.8. The first-order valence-electron chi connectivity index (χ1n) is 10.7. The summed E-state index contributed by atoms with van der Waals surface area (Å²) in [5.41, 5.74) is 8.50. The Kier molecular flexibility index (Phi) is 5.65. The van der Waals surface area contributed by atoms with E-state index in [0.29, 0.717) is 25.9 Å². The molecule has 0 unspecified atom stereocenters. The van der Waals surface area contributed by atoms with Crippen molar-refractivity contribution in [2.45, 2.75) is 44.9 Å². The summed E-state index contributed by atoms with van der Waals surface area (Å²) >= 11 is 0. The van der Waals surface area contributed by atoms with E-state index in [1.165, 1.54) is 6.42 Å². The van der Waals surface area contributed by atoms with Gasteiger partial charge in [0.1, 0.15) is 0 Å². The molecule has 1 aromatic heterocycles. The molecule has 1 aliphatic heterocycles. The highest BCUT2D eigenvalue weighted by atomic mass is 16.2. The van der Waals surface area contributed by atoms with E-state index in [0.717, 1.165) is 42.4 Å². The number of rotatable bonds is 5. The first kappa shape index (κ1) is 19.6. The molecule has 5 heteroatoms. The minimum absolute atomic E-state index is 0.132. The van der Waals surface area contributed by atoms with Gasteiger partial charge in [-0.05, 0) is 54.5 Å². The van der Waals surface area contributed by atoms with Crippen LogP contribution in [0.4, 0.5) is 0 Å². The molecule has 152 valence electrons. The Bertz CT molecular complexity index is 859. The molecule has 2 aliphatic rings. The quantitative estimate of drug-likeness (QED) is 0.846. The Hall–Kier alpha value is -2.69. The molecule has 2 fully saturated rings. The molecular weight excluding hydrogens is 362 g/mol. The van der Waals surface area contributed by atoms with Gasteiger partial charge in [-0.2, -0.15) is 0 Å². The summed E-state index contributed by atoms with van der Waals surface area (Å²) in [6.45, 7) is 1.08. The van der Waals surface area contributed by atoms with Crippen molar-refractivity contribution in [1.82, 2.24) is 9.88 Å². The lowest BCUT2D eigenvalue weighted by Crippen LogP contribution is -2.43. The number of carbonyl (C=O) groups is 2. The lowest BCUT2D eigenvalue weighted by Gasteiger charge is -2.29. The molecule has 0 spiro atoms. The van der Waals surface area contributed by atoms with Crippen molar-refractivity contribution in [2.24, 2.45) is 17.1 Å². The largest absolute Gasteiger partial charge is 0.369 e. The van der Waals surface area contributed by atoms with Gasteiger partial charge in [-0.15, -0.1) is 0 Å². The van der Waals surface area contributed by atoms with Gasteiger partial charge in [0.25, 0.3) is 0 Å². The van der Waals surface area contributed by atoms with Crippen LogP contribution in [0.25, 0.3) is 11.1 Å². The first-order chi connectivity index (χ1) is 14.1. The van der Waals surface area contributed by atoms with Crippen molar-refractivity contribution < 1.29 is 9.59 Å². The molecule has 4 rings (SSSR count). The van der Waals surface area contributed by atoms with Gasteiger partial charge in [-0.3, -0.25) is 14.6 Å². The molecule has 2 amide bonds. The number of amides is 2. The number of nitrogens with zero attached hydrogens (tertiary/aromatic N) is 2. The summed E-state index contributed by atoms with van der Waals surface area (Å²) in [6, 6.07) is 12.2. The van der Waals surface area contributed by atoms with Gasteiger partial charge in [0, 0.05) is 31.4 Å². The minimum atomic E-state index is -0.664. The summed E-state index contributed by atoms with van der Waals surface area (Å²) in [4.78, 5) is 31.3. The van der Waals surface area contributed by atoms with E-state index in [9.17, 15) is 9.59 Å². The van der Waals surface area contributed by atoms with Crippen molar-refractivity contribution in [3.63, 3.8) is 0 Å². The summed E-state index contributed by atoms with van der Waals surface area (Å²) in [5.74, 6) is 0.0580. The van der Waals surface area contributed by atoms with Crippen LogP contribution in [0.1, 0.15) is 44.1 Å². The average molecular weight is 392 g/mol. The van der Waals surface area contributed by atoms with E-state index in [-0.39, 0.29) is 17.7 Å². The average Bonchev–Trinajstić information content (AvgIpc) is 3.20. The molecule has 2 N–H and O–H groups in total. The molecular formula is C24H29N3O2. The third kappa shape index (κ3) is 4.19. The monoisotopic (exact) mass is 391 g/mol. The molecule has 0 radical (unpaired) electrons. The fourth-order valence-electron chi connectivity index (χ4n) is 4.85. The topological polar surface area (TPSA) is 76.3 Å². The second-order valence-electron chi connectivity index (χ2n) is 8.60. The van der Waals surface area contributed by atoms with Crippen molar-refractivity contribution >= 4 is 11.8 Å². The van der Waals surface area contributed by atoms with Crippen LogP contribution >= 0.6 is 0 Å². The molecule has 1 aromatic carbocycles. The molecule has 1 saturated carbocycles. The third-order valence-corrected chi connectivity index (χ3v) is 6.65. The van der Waals surface area contributed by atoms with Crippen LogP contribution < -0.4 is 5.73 Å². The van der Waals surface area contributed by atoms with Crippen LogP contribution in [-0.2, 0) is 16.0 Å². The van der Waals surface area contributed by atoms with Crippen LogP contribution in [0.15, 0.2) is 48.8 Å². The fraction of sp³-hybridized carbons (Fsp3) is 0.458. The molecule has 29 heavy (non-hydrogen) atoms. The lowest BCUT2D eigenvalue weighted by atomic mass is 9.80. The van der Waals surface area contributed by atoms with E-state index >= 15 is 0 Å². The summed E-state index contributed by atoms with van der Waals surface area (Å²) in [5, 5.41) is 0. The maximum absolute atomic E-state index is 12.9. The normalized spacial score (nSPS) is 22.6. The summed E-state index contributed by atoms with van der Waals surface area (Å²) in [7, 11) is 0. The second-order valence-corrected chi connectivity index (χ2v) is 8.60. The number of hydrogen-bond donors (Lipinski definition) is 1. The number of nitrogens with two attached hydrogens (primary N) is 1. The highest BCUT2D eigenvalue weighted by Gasteiger charge is 2.45. The van der Waals surface area contributed by atoms with Gasteiger partial charge in [0.15, 0.2) is 0 Å². The van der Waals surface area contributed by atoms with E-state index in [1.807, 2.05) is 17.0 Å². The Morgan fingerprint density at radius 1 is 1.00 bits per heavy atom. The Morgan fingerprint density at radius 2 is 1.66 bits per heavy atom. The number of benzene rings is 1. The van der Waals surface area contributed by atoms with Crippen LogP contribution in [-0.4, -0.2) is 34.8 Å². The molecule has 1 saturated heterocycles. The fourth-order valence-corrected chi connectivity index (χ4v) is 4.85. The van der Waals surface area contributed by atoms with Crippen LogP contribution in [0.5, 0.6) is 0 Å². The van der Waals surface area contributed by atoms with Crippen molar-refractivity contribution in [2.75, 3.05) is 13.1 Å². The van der Waals surface area contributed by atoms with Crippen molar-refractivity contribution in [3.05, 3.63) is 54.4 Å². The van der Waals surface area contributed by atoms with E-state index < -0.39 is 5.41 Å². The molecule has 1 aliphatic carbocycles. The zero-order chi connectivity index (χ0) is 20.3. The van der Waals surface area contributed by atoms with Gasteiger partial charge in [-0.1, -0.05) is 43.5 Å². The van der Waals surface area contributed by atoms with Crippen LogP contribution in [0.3, 0.4) is 0 Å². The van der Waals surface area contributed by atoms with Gasteiger partial charge in [-0.25, -0.2) is 0 Å². The van der Waals surface area contributed by atoms with Crippen LogP contribution in [0, 0.1) is 11.3 Å².